The standard InChI is InChI=1S/C20H24O5/c1-10-11-4-5-12-18-9-25-20(24,19(12,8-11)15(10)22)16(23)14(18)17(2,3)7-6-13(18)21/h6-7,11-12,14,16,23-24H,1,4-5,8-9H2,2-3H3/t11?,12-,14+,16-,18+,19-,20?/m0/s1. The number of Topliss-reactive ketones (excluding diaryl/α,β-unsaturated/α-hetero) is 1. The van der Waals surface area contributed by atoms with Gasteiger partial charge in [0.05, 0.1) is 17.4 Å². The van der Waals surface area contributed by atoms with Crippen LogP contribution in [0.1, 0.15) is 33.1 Å². The van der Waals surface area contributed by atoms with E-state index < -0.39 is 34.1 Å². The summed E-state index contributed by atoms with van der Waals surface area (Å²) < 4.78 is 5.80. The van der Waals surface area contributed by atoms with E-state index >= 15 is 0 Å². The molecule has 0 aromatic rings. The molecule has 4 aliphatic carbocycles. The molecule has 2 heterocycles. The Labute approximate surface area is 146 Å². The fourth-order valence-electron chi connectivity index (χ4n) is 7.16. The van der Waals surface area contributed by atoms with E-state index in [1.165, 1.54) is 0 Å². The van der Waals surface area contributed by atoms with Crippen LogP contribution >= 0.6 is 0 Å². The number of ether oxygens (including phenoxy) is 1. The van der Waals surface area contributed by atoms with Crippen LogP contribution in [0.3, 0.4) is 0 Å². The van der Waals surface area contributed by atoms with Gasteiger partial charge in [0.15, 0.2) is 11.6 Å². The molecule has 5 fully saturated rings. The minimum absolute atomic E-state index is 0.0139. The normalized spacial score (nSPS) is 55.3. The van der Waals surface area contributed by atoms with E-state index in [0.717, 1.165) is 6.42 Å². The van der Waals surface area contributed by atoms with E-state index in [-0.39, 0.29) is 30.0 Å². The maximum atomic E-state index is 13.2. The lowest BCUT2D eigenvalue weighted by Crippen LogP contribution is -2.82. The molecule has 2 spiro atoms. The zero-order valence-corrected chi connectivity index (χ0v) is 14.6. The Kier molecular flexibility index (Phi) is 2.65. The molecule has 2 N–H and O–H groups in total. The lowest BCUT2D eigenvalue weighted by Gasteiger charge is -2.71. The van der Waals surface area contributed by atoms with Gasteiger partial charge in [0, 0.05) is 5.92 Å². The van der Waals surface area contributed by atoms with Gasteiger partial charge in [0.2, 0.25) is 5.79 Å². The van der Waals surface area contributed by atoms with Crippen molar-refractivity contribution in [1.29, 1.82) is 0 Å². The van der Waals surface area contributed by atoms with Crippen molar-refractivity contribution in [3.05, 3.63) is 24.3 Å². The first-order valence-electron chi connectivity index (χ1n) is 9.14. The number of aliphatic hydroxyl groups is 2. The highest BCUT2D eigenvalue weighted by atomic mass is 16.6. The van der Waals surface area contributed by atoms with Crippen molar-refractivity contribution < 1.29 is 24.5 Å². The first-order chi connectivity index (χ1) is 11.6. The van der Waals surface area contributed by atoms with E-state index in [0.29, 0.717) is 18.4 Å². The molecule has 25 heavy (non-hydrogen) atoms. The maximum Gasteiger partial charge on any atom is 0.205 e. The third-order valence-corrected chi connectivity index (χ3v) is 8.14. The number of carbonyl (C=O) groups excluding carboxylic acids is 2. The highest BCUT2D eigenvalue weighted by Gasteiger charge is 2.84. The molecule has 5 heteroatoms. The van der Waals surface area contributed by atoms with Crippen LogP contribution < -0.4 is 0 Å². The van der Waals surface area contributed by atoms with Crippen molar-refractivity contribution in [2.75, 3.05) is 6.61 Å². The number of hydrogen-bond donors (Lipinski definition) is 2. The molecule has 0 aromatic carbocycles. The Morgan fingerprint density at radius 1 is 1.28 bits per heavy atom. The van der Waals surface area contributed by atoms with Crippen LogP contribution in [0.15, 0.2) is 24.3 Å². The molecule has 7 atom stereocenters. The van der Waals surface area contributed by atoms with Crippen molar-refractivity contribution in [1.82, 2.24) is 0 Å². The fraction of sp³-hybridized carbons (Fsp3) is 0.700. The molecular formula is C20H24O5. The summed E-state index contributed by atoms with van der Waals surface area (Å²) in [5.41, 5.74) is -2.14. The Bertz CT molecular complexity index is 766. The van der Waals surface area contributed by atoms with Gasteiger partial charge in [0.1, 0.15) is 6.10 Å². The average Bonchev–Trinajstić information content (AvgIpc) is 2.75. The average molecular weight is 344 g/mol. The Morgan fingerprint density at radius 2 is 2.00 bits per heavy atom. The van der Waals surface area contributed by atoms with Crippen LogP contribution in [0.4, 0.5) is 0 Å². The predicted molar refractivity (Wildman–Crippen MR) is 88.2 cm³/mol. The number of allylic oxidation sites excluding steroid dienone is 3. The van der Waals surface area contributed by atoms with E-state index in [1.807, 2.05) is 19.9 Å². The highest BCUT2D eigenvalue weighted by molar-refractivity contribution is 6.06. The smallest absolute Gasteiger partial charge is 0.205 e. The van der Waals surface area contributed by atoms with Gasteiger partial charge in [-0.1, -0.05) is 26.5 Å². The molecule has 0 amide bonds. The summed E-state index contributed by atoms with van der Waals surface area (Å²) in [6.07, 6.45) is 4.04. The molecule has 5 nitrogen and oxygen atoms in total. The number of rotatable bonds is 0. The molecule has 2 unspecified atom stereocenters. The molecule has 2 saturated heterocycles. The quantitative estimate of drug-likeness (QED) is 0.649. The van der Waals surface area contributed by atoms with E-state index in [2.05, 4.69) is 6.58 Å². The Balaban J connectivity index is 1.82. The Hall–Kier alpha value is -1.30. The van der Waals surface area contributed by atoms with Crippen LogP contribution in [0.2, 0.25) is 0 Å². The molecule has 6 rings (SSSR count). The largest absolute Gasteiger partial charge is 0.387 e. The van der Waals surface area contributed by atoms with Gasteiger partial charge in [-0.05, 0) is 48.2 Å². The second-order valence-electron chi connectivity index (χ2n) is 9.32. The van der Waals surface area contributed by atoms with Crippen LogP contribution in [-0.2, 0) is 14.3 Å². The first-order valence-corrected chi connectivity index (χ1v) is 9.14. The lowest BCUT2D eigenvalue weighted by molar-refractivity contribution is -0.422. The summed E-state index contributed by atoms with van der Waals surface area (Å²) in [5.74, 6) is -3.00. The van der Waals surface area contributed by atoms with Gasteiger partial charge in [0.25, 0.3) is 0 Å². The number of carbonyl (C=O) groups is 2. The van der Waals surface area contributed by atoms with E-state index in [4.69, 9.17) is 4.74 Å². The molecule has 0 aromatic heterocycles. The van der Waals surface area contributed by atoms with Gasteiger partial charge in [-0.3, -0.25) is 9.59 Å². The monoisotopic (exact) mass is 344 g/mol. The fourth-order valence-corrected chi connectivity index (χ4v) is 7.16. The van der Waals surface area contributed by atoms with E-state index in [9.17, 15) is 19.8 Å². The zero-order valence-electron chi connectivity index (χ0n) is 14.6. The van der Waals surface area contributed by atoms with Crippen molar-refractivity contribution in [3.8, 4) is 0 Å². The minimum Gasteiger partial charge on any atom is -0.387 e. The predicted octanol–water partition coefficient (Wildman–Crippen LogP) is 1.39. The van der Waals surface area contributed by atoms with Crippen molar-refractivity contribution in [3.63, 3.8) is 0 Å². The topological polar surface area (TPSA) is 83.8 Å². The van der Waals surface area contributed by atoms with Crippen molar-refractivity contribution in [2.24, 2.45) is 34.0 Å². The second-order valence-corrected chi connectivity index (χ2v) is 9.32. The highest BCUT2D eigenvalue weighted by Crippen LogP contribution is 2.75. The third-order valence-electron chi connectivity index (χ3n) is 8.14. The SMILES string of the molecule is C=C1C(=O)[C@]23CC1CC[C@H]2[C@@]12COC3(O)[C@@H](O)[C@@H]1C(C)(C)C=CC2=O. The zero-order chi connectivity index (χ0) is 18.0. The third kappa shape index (κ3) is 1.36. The van der Waals surface area contributed by atoms with Crippen LogP contribution in [-0.4, -0.2) is 40.3 Å². The summed E-state index contributed by atoms with van der Waals surface area (Å²) in [6.45, 7) is 7.97. The van der Waals surface area contributed by atoms with Crippen LogP contribution in [0.25, 0.3) is 0 Å². The lowest BCUT2D eigenvalue weighted by atomic mass is 9.37. The summed E-state index contributed by atoms with van der Waals surface area (Å²) in [4.78, 5) is 26.4. The summed E-state index contributed by atoms with van der Waals surface area (Å²) >= 11 is 0. The first kappa shape index (κ1) is 15.9. The molecule has 0 radical (unpaired) electrons. The van der Waals surface area contributed by atoms with Crippen molar-refractivity contribution in [2.45, 2.75) is 45.0 Å². The number of ketones is 2. The van der Waals surface area contributed by atoms with Crippen molar-refractivity contribution >= 4 is 11.6 Å². The number of aliphatic hydroxyl groups excluding tert-OH is 1. The van der Waals surface area contributed by atoms with Gasteiger partial charge >= 0.3 is 0 Å². The van der Waals surface area contributed by atoms with Gasteiger partial charge in [-0.25, -0.2) is 0 Å². The van der Waals surface area contributed by atoms with E-state index in [1.54, 1.807) is 6.08 Å². The molecule has 6 aliphatic rings. The second kappa shape index (κ2) is 4.16. The van der Waals surface area contributed by atoms with Gasteiger partial charge < -0.3 is 14.9 Å². The molecule has 4 bridgehead atoms. The summed E-state index contributed by atoms with van der Waals surface area (Å²) in [7, 11) is 0. The molecule has 3 saturated carbocycles. The Morgan fingerprint density at radius 3 is 2.72 bits per heavy atom. The van der Waals surface area contributed by atoms with Crippen LogP contribution in [0, 0.1) is 34.0 Å². The van der Waals surface area contributed by atoms with Gasteiger partial charge in [-0.15, -0.1) is 0 Å². The van der Waals surface area contributed by atoms with Gasteiger partial charge in [-0.2, -0.15) is 0 Å². The minimum atomic E-state index is -1.94. The summed E-state index contributed by atoms with van der Waals surface area (Å²) in [5, 5.41) is 22.7. The number of fused-ring (bicyclic) bond motifs is 2. The summed E-state index contributed by atoms with van der Waals surface area (Å²) in [6, 6.07) is 0. The molecule has 2 aliphatic heterocycles. The molecular weight excluding hydrogens is 320 g/mol. The maximum absolute atomic E-state index is 13.2. The van der Waals surface area contributed by atoms with Crippen LogP contribution in [0.5, 0.6) is 0 Å². The number of hydrogen-bond acceptors (Lipinski definition) is 5. The molecule has 134 valence electrons.